The molecule has 4 aromatic rings. The highest BCUT2D eigenvalue weighted by Gasteiger charge is 2.17. The number of halogens is 1. The van der Waals surface area contributed by atoms with Crippen LogP contribution in [0.4, 0.5) is 4.39 Å². The van der Waals surface area contributed by atoms with Crippen molar-refractivity contribution in [3.8, 4) is 23.0 Å². The number of aryl methyl sites for hydroxylation is 1. The van der Waals surface area contributed by atoms with Gasteiger partial charge in [-0.25, -0.2) is 9.18 Å². The van der Waals surface area contributed by atoms with Crippen molar-refractivity contribution in [1.29, 1.82) is 0 Å². The lowest BCUT2D eigenvalue weighted by molar-refractivity contribution is 0.0735. The van der Waals surface area contributed by atoms with Gasteiger partial charge in [0.2, 0.25) is 11.2 Å². The van der Waals surface area contributed by atoms with E-state index in [0.29, 0.717) is 18.1 Å². The molecule has 0 saturated heterocycles. The molecule has 0 amide bonds. The summed E-state index contributed by atoms with van der Waals surface area (Å²) in [5.41, 5.74) is 0.0645. The summed E-state index contributed by atoms with van der Waals surface area (Å²) >= 11 is 0. The zero-order valence-corrected chi connectivity index (χ0v) is 17.4. The van der Waals surface area contributed by atoms with Gasteiger partial charge in [-0.2, -0.15) is 0 Å². The van der Waals surface area contributed by atoms with Gasteiger partial charge in [-0.1, -0.05) is 12.1 Å². The quantitative estimate of drug-likeness (QED) is 0.288. The molecule has 0 N–H and O–H groups in total. The predicted molar refractivity (Wildman–Crippen MR) is 116 cm³/mol. The number of carbonyl (C=O) groups is 1. The highest BCUT2D eigenvalue weighted by atomic mass is 19.1. The van der Waals surface area contributed by atoms with Gasteiger partial charge in [0.15, 0.2) is 11.5 Å². The number of benzene rings is 3. The molecule has 0 saturated carbocycles. The third kappa shape index (κ3) is 4.32. The van der Waals surface area contributed by atoms with Gasteiger partial charge in [-0.15, -0.1) is 0 Å². The topological polar surface area (TPSA) is 75.0 Å². The van der Waals surface area contributed by atoms with E-state index in [1.54, 1.807) is 25.1 Å². The molecule has 0 fully saturated rings. The monoisotopic (exact) mass is 434 g/mol. The summed E-state index contributed by atoms with van der Waals surface area (Å²) in [7, 11) is 0. The minimum absolute atomic E-state index is 0.0423. The molecule has 3 aromatic carbocycles. The van der Waals surface area contributed by atoms with Gasteiger partial charge >= 0.3 is 5.97 Å². The summed E-state index contributed by atoms with van der Waals surface area (Å²) in [6.07, 6.45) is 0. The predicted octanol–water partition coefficient (Wildman–Crippen LogP) is 5.65. The zero-order chi connectivity index (χ0) is 22.7. The largest absolute Gasteiger partial charge is 0.490 e. The molecule has 0 radical (unpaired) electrons. The second-order valence-corrected chi connectivity index (χ2v) is 6.85. The summed E-state index contributed by atoms with van der Waals surface area (Å²) in [5, 5.41) is 0.265. The Hall–Kier alpha value is -4.13. The lowest BCUT2D eigenvalue weighted by Gasteiger charge is -2.13. The lowest BCUT2D eigenvalue weighted by atomic mass is 10.2. The van der Waals surface area contributed by atoms with E-state index in [1.165, 1.54) is 42.5 Å². The Kier molecular flexibility index (Phi) is 5.89. The van der Waals surface area contributed by atoms with Crippen molar-refractivity contribution in [2.75, 3.05) is 6.61 Å². The van der Waals surface area contributed by atoms with Crippen molar-refractivity contribution in [2.45, 2.75) is 13.8 Å². The van der Waals surface area contributed by atoms with Crippen molar-refractivity contribution in [3.63, 3.8) is 0 Å². The number of carbonyl (C=O) groups excluding carboxylic acids is 1. The number of para-hydroxylation sites is 2. The van der Waals surface area contributed by atoms with Gasteiger partial charge in [0.25, 0.3) is 0 Å². The molecule has 32 heavy (non-hydrogen) atoms. The van der Waals surface area contributed by atoms with Crippen LogP contribution >= 0.6 is 0 Å². The van der Waals surface area contributed by atoms with Crippen molar-refractivity contribution < 1.29 is 27.8 Å². The number of fused-ring (bicyclic) bond motifs is 1. The fourth-order valence-electron chi connectivity index (χ4n) is 3.12. The van der Waals surface area contributed by atoms with E-state index < -0.39 is 11.8 Å². The number of rotatable bonds is 6. The normalized spacial score (nSPS) is 10.7. The second kappa shape index (κ2) is 8.93. The van der Waals surface area contributed by atoms with Crippen molar-refractivity contribution in [2.24, 2.45) is 0 Å². The van der Waals surface area contributed by atoms with Gasteiger partial charge in [-0.3, -0.25) is 4.79 Å². The van der Waals surface area contributed by atoms with Gasteiger partial charge in [0.05, 0.1) is 17.6 Å². The Morgan fingerprint density at radius 1 is 1.00 bits per heavy atom. The van der Waals surface area contributed by atoms with E-state index in [1.807, 2.05) is 13.0 Å². The maximum atomic E-state index is 13.0. The maximum absolute atomic E-state index is 13.0. The first-order valence-electron chi connectivity index (χ1n) is 9.91. The van der Waals surface area contributed by atoms with Crippen LogP contribution in [0.3, 0.4) is 0 Å². The van der Waals surface area contributed by atoms with E-state index in [4.69, 9.17) is 18.6 Å². The zero-order valence-electron chi connectivity index (χ0n) is 17.4. The highest BCUT2D eigenvalue weighted by molar-refractivity contribution is 5.91. The molecular formula is C25H19FO6. The summed E-state index contributed by atoms with van der Waals surface area (Å²) in [5.74, 6) is 0.287. The molecule has 162 valence electrons. The van der Waals surface area contributed by atoms with Crippen LogP contribution in [0.1, 0.15) is 23.0 Å². The van der Waals surface area contributed by atoms with Gasteiger partial charge < -0.3 is 18.6 Å². The van der Waals surface area contributed by atoms with Crippen LogP contribution in [0.2, 0.25) is 0 Å². The van der Waals surface area contributed by atoms with E-state index in [-0.39, 0.29) is 39.2 Å². The van der Waals surface area contributed by atoms with Crippen LogP contribution in [0, 0.1) is 12.7 Å². The number of hydrogen-bond acceptors (Lipinski definition) is 6. The van der Waals surface area contributed by atoms with Gasteiger partial charge in [-0.05, 0) is 62.4 Å². The van der Waals surface area contributed by atoms with Crippen molar-refractivity contribution in [3.05, 3.63) is 94.1 Å². The molecule has 1 heterocycles. The van der Waals surface area contributed by atoms with Crippen LogP contribution in [-0.4, -0.2) is 12.6 Å². The second-order valence-electron chi connectivity index (χ2n) is 6.85. The minimum atomic E-state index is -0.657. The molecule has 1 aromatic heterocycles. The molecule has 0 unspecified atom stereocenters. The van der Waals surface area contributed by atoms with Crippen molar-refractivity contribution in [1.82, 2.24) is 0 Å². The molecule has 0 aliphatic rings. The Bertz CT molecular complexity index is 1340. The molecule has 7 heteroatoms. The number of esters is 1. The molecule has 4 rings (SSSR count). The van der Waals surface area contributed by atoms with Crippen LogP contribution in [0.15, 0.2) is 75.9 Å². The minimum Gasteiger partial charge on any atom is -0.490 e. The van der Waals surface area contributed by atoms with Gasteiger partial charge in [0.1, 0.15) is 22.9 Å². The third-order valence-corrected chi connectivity index (χ3v) is 4.64. The van der Waals surface area contributed by atoms with Crippen LogP contribution in [-0.2, 0) is 0 Å². The molecule has 0 atom stereocenters. The highest BCUT2D eigenvalue weighted by Crippen LogP contribution is 2.33. The smallest absolute Gasteiger partial charge is 0.343 e. The standard InChI is InChI=1S/C25H19FO6/c1-3-29-20-6-4-5-7-21(20)32-24-15(2)30-22-14-18(12-13-19(22)23(24)27)31-25(28)16-8-10-17(26)11-9-16/h4-14H,3H2,1-2H3. The maximum Gasteiger partial charge on any atom is 0.343 e. The van der Waals surface area contributed by atoms with E-state index in [2.05, 4.69) is 0 Å². The third-order valence-electron chi connectivity index (χ3n) is 4.64. The number of hydrogen-bond donors (Lipinski definition) is 0. The molecular weight excluding hydrogens is 415 g/mol. The first-order chi connectivity index (χ1) is 15.5. The van der Waals surface area contributed by atoms with Crippen LogP contribution in [0.5, 0.6) is 23.0 Å². The summed E-state index contributed by atoms with van der Waals surface area (Å²) in [6.45, 7) is 3.91. The Morgan fingerprint density at radius 2 is 1.72 bits per heavy atom. The van der Waals surface area contributed by atoms with E-state index >= 15 is 0 Å². The van der Waals surface area contributed by atoms with Crippen molar-refractivity contribution >= 4 is 16.9 Å². The Morgan fingerprint density at radius 3 is 2.44 bits per heavy atom. The Labute approximate surface area is 182 Å². The average Bonchev–Trinajstić information content (AvgIpc) is 2.78. The molecule has 6 nitrogen and oxygen atoms in total. The first kappa shape index (κ1) is 21.1. The fourth-order valence-corrected chi connectivity index (χ4v) is 3.12. The molecule has 0 bridgehead atoms. The van der Waals surface area contributed by atoms with Crippen LogP contribution < -0.4 is 19.6 Å². The van der Waals surface area contributed by atoms with E-state index in [9.17, 15) is 14.0 Å². The Balaban J connectivity index is 1.64. The fraction of sp³-hybridized carbons (Fsp3) is 0.120. The summed E-state index contributed by atoms with van der Waals surface area (Å²) < 4.78 is 35.5. The average molecular weight is 434 g/mol. The summed E-state index contributed by atoms with van der Waals surface area (Å²) in [4.78, 5) is 25.3. The summed E-state index contributed by atoms with van der Waals surface area (Å²) in [6, 6.07) is 16.4. The number of ether oxygens (including phenoxy) is 3. The first-order valence-corrected chi connectivity index (χ1v) is 9.91. The van der Waals surface area contributed by atoms with Crippen LogP contribution in [0.25, 0.3) is 11.0 Å². The molecule has 0 spiro atoms. The lowest BCUT2D eigenvalue weighted by Crippen LogP contribution is -2.10. The van der Waals surface area contributed by atoms with E-state index in [0.717, 1.165) is 0 Å². The SMILES string of the molecule is CCOc1ccccc1Oc1c(C)oc2cc(OC(=O)c3ccc(F)cc3)ccc2c1=O. The van der Waals surface area contributed by atoms with Gasteiger partial charge in [0, 0.05) is 6.07 Å². The molecule has 0 aliphatic carbocycles. The molecule has 0 aliphatic heterocycles.